The molecule has 0 spiro atoms. The van der Waals surface area contributed by atoms with Gasteiger partial charge in [0.25, 0.3) is 0 Å². The molecule has 0 bridgehead atoms. The van der Waals surface area contributed by atoms with Crippen LogP contribution in [0.2, 0.25) is 5.02 Å². The monoisotopic (exact) mass is 405 g/mol. The number of imidazole rings is 1. The van der Waals surface area contributed by atoms with Crippen molar-refractivity contribution in [2.75, 3.05) is 36.5 Å². The molecule has 2 heterocycles. The van der Waals surface area contributed by atoms with E-state index in [0.29, 0.717) is 30.5 Å². The average Bonchev–Trinajstić information content (AvgIpc) is 3.14. The number of hydrogen-bond donors (Lipinski definition) is 2. The number of para-hydroxylation sites is 1. The highest BCUT2D eigenvalue weighted by atomic mass is 35.5. The molecule has 1 atom stereocenters. The molecule has 2 N–H and O–H groups in total. The first-order valence-corrected chi connectivity index (χ1v) is 9.87. The Bertz CT molecular complexity index is 782. The molecule has 1 fully saturated rings. The summed E-state index contributed by atoms with van der Waals surface area (Å²) in [5, 5.41) is 6.71. The Hall–Kier alpha value is -2.25. The largest absolute Gasteiger partial charge is 0.378 e. The van der Waals surface area contributed by atoms with Crippen LogP contribution in [0, 0.1) is 5.41 Å². The highest BCUT2D eigenvalue weighted by Gasteiger charge is 2.27. The second-order valence-corrected chi connectivity index (χ2v) is 8.42. The van der Waals surface area contributed by atoms with Crippen LogP contribution in [-0.2, 0) is 11.3 Å². The molecular weight excluding hydrogens is 378 g/mol. The minimum absolute atomic E-state index is 0.0762. The van der Waals surface area contributed by atoms with Crippen molar-refractivity contribution < 1.29 is 9.53 Å². The van der Waals surface area contributed by atoms with Gasteiger partial charge in [0.05, 0.1) is 42.0 Å². The molecule has 152 valence electrons. The van der Waals surface area contributed by atoms with Crippen LogP contribution < -0.4 is 15.5 Å². The Kier molecular flexibility index (Phi) is 6.46. The summed E-state index contributed by atoms with van der Waals surface area (Å²) in [7, 11) is 0. The quantitative estimate of drug-likeness (QED) is 0.797. The number of nitrogens with one attached hydrogen (secondary N) is 2. The van der Waals surface area contributed by atoms with Gasteiger partial charge in [-0.1, -0.05) is 38.4 Å². The van der Waals surface area contributed by atoms with Gasteiger partial charge >= 0.3 is 6.03 Å². The number of aromatic nitrogens is 2. The van der Waals surface area contributed by atoms with Crippen molar-refractivity contribution in [3.63, 3.8) is 0 Å². The lowest BCUT2D eigenvalue weighted by Crippen LogP contribution is -2.48. The van der Waals surface area contributed by atoms with Crippen LogP contribution in [0.15, 0.2) is 36.9 Å². The SMILES string of the molecule is CC(C)(C)[C@@H](Cn1ccnc1)NC(=O)Nc1cccc(Cl)c1N1CCOCC1. The first-order valence-electron chi connectivity index (χ1n) is 9.49. The number of hydrogen-bond acceptors (Lipinski definition) is 4. The van der Waals surface area contributed by atoms with Gasteiger partial charge in [-0.05, 0) is 17.5 Å². The van der Waals surface area contributed by atoms with Gasteiger partial charge in [-0.2, -0.15) is 0 Å². The summed E-state index contributed by atoms with van der Waals surface area (Å²) in [5.41, 5.74) is 1.41. The number of halogens is 1. The fraction of sp³-hybridized carbons (Fsp3) is 0.500. The molecule has 1 saturated heterocycles. The summed E-state index contributed by atoms with van der Waals surface area (Å²) < 4.78 is 7.40. The molecule has 2 amide bonds. The van der Waals surface area contributed by atoms with E-state index in [1.54, 1.807) is 12.5 Å². The molecule has 7 nitrogen and oxygen atoms in total. The fourth-order valence-electron chi connectivity index (χ4n) is 3.18. The molecule has 0 radical (unpaired) electrons. The van der Waals surface area contributed by atoms with Crippen molar-refractivity contribution in [1.29, 1.82) is 0 Å². The van der Waals surface area contributed by atoms with Crippen molar-refractivity contribution >= 4 is 29.0 Å². The van der Waals surface area contributed by atoms with Gasteiger partial charge in [0.2, 0.25) is 0 Å². The van der Waals surface area contributed by atoms with Crippen molar-refractivity contribution in [2.45, 2.75) is 33.4 Å². The Morgan fingerprint density at radius 2 is 2.07 bits per heavy atom. The summed E-state index contributed by atoms with van der Waals surface area (Å²) in [6.45, 7) is 9.73. The molecule has 1 aliphatic rings. The molecule has 0 unspecified atom stereocenters. The highest BCUT2D eigenvalue weighted by Crippen LogP contribution is 2.34. The van der Waals surface area contributed by atoms with Crippen molar-refractivity contribution in [2.24, 2.45) is 5.41 Å². The fourth-order valence-corrected chi connectivity index (χ4v) is 3.48. The van der Waals surface area contributed by atoms with E-state index in [0.717, 1.165) is 18.8 Å². The van der Waals surface area contributed by atoms with Gasteiger partial charge in [0, 0.05) is 32.0 Å². The topological polar surface area (TPSA) is 71.4 Å². The minimum atomic E-state index is -0.253. The molecule has 1 aromatic carbocycles. The molecule has 2 aromatic rings. The van der Waals surface area contributed by atoms with E-state index in [1.807, 2.05) is 29.0 Å². The molecule has 1 aliphatic heterocycles. The van der Waals surface area contributed by atoms with Gasteiger partial charge in [-0.25, -0.2) is 9.78 Å². The van der Waals surface area contributed by atoms with E-state index in [1.165, 1.54) is 0 Å². The number of benzene rings is 1. The minimum Gasteiger partial charge on any atom is -0.378 e. The van der Waals surface area contributed by atoms with Crippen molar-refractivity contribution in [1.82, 2.24) is 14.9 Å². The number of nitrogens with zero attached hydrogens (tertiary/aromatic N) is 3. The van der Waals surface area contributed by atoms with Crippen LogP contribution in [0.1, 0.15) is 20.8 Å². The van der Waals surface area contributed by atoms with Gasteiger partial charge in [-0.3, -0.25) is 0 Å². The lowest BCUT2D eigenvalue weighted by Gasteiger charge is -2.33. The molecular formula is C20H28ClN5O2. The Morgan fingerprint density at radius 3 is 2.71 bits per heavy atom. The van der Waals surface area contributed by atoms with E-state index >= 15 is 0 Å². The Labute approximate surface area is 171 Å². The van der Waals surface area contributed by atoms with Crippen LogP contribution in [0.4, 0.5) is 16.2 Å². The third kappa shape index (κ3) is 5.17. The highest BCUT2D eigenvalue weighted by molar-refractivity contribution is 6.34. The van der Waals surface area contributed by atoms with E-state index in [9.17, 15) is 4.79 Å². The number of ether oxygens (including phenoxy) is 1. The number of anilines is 2. The zero-order valence-electron chi connectivity index (χ0n) is 16.6. The van der Waals surface area contributed by atoms with Crippen LogP contribution in [0.3, 0.4) is 0 Å². The zero-order chi connectivity index (χ0) is 20.1. The summed E-state index contributed by atoms with van der Waals surface area (Å²) >= 11 is 6.45. The average molecular weight is 406 g/mol. The smallest absolute Gasteiger partial charge is 0.319 e. The summed E-state index contributed by atoms with van der Waals surface area (Å²) in [5.74, 6) is 0. The van der Waals surface area contributed by atoms with E-state index in [4.69, 9.17) is 16.3 Å². The third-order valence-electron chi connectivity index (χ3n) is 4.87. The van der Waals surface area contributed by atoms with Gasteiger partial charge in [-0.15, -0.1) is 0 Å². The van der Waals surface area contributed by atoms with Crippen LogP contribution in [0.25, 0.3) is 0 Å². The Morgan fingerprint density at radius 1 is 1.32 bits per heavy atom. The second kappa shape index (κ2) is 8.84. The number of amides is 2. The van der Waals surface area contributed by atoms with Crippen LogP contribution in [-0.4, -0.2) is 47.9 Å². The van der Waals surface area contributed by atoms with Gasteiger partial charge in [0.15, 0.2) is 0 Å². The summed E-state index contributed by atoms with van der Waals surface area (Å²) in [6, 6.07) is 5.23. The Balaban J connectivity index is 1.73. The van der Waals surface area contributed by atoms with E-state index in [2.05, 4.69) is 41.3 Å². The van der Waals surface area contributed by atoms with E-state index < -0.39 is 0 Å². The van der Waals surface area contributed by atoms with Crippen molar-refractivity contribution in [3.05, 3.63) is 41.9 Å². The first kappa shape index (κ1) is 20.5. The van der Waals surface area contributed by atoms with Gasteiger partial charge in [0.1, 0.15) is 0 Å². The number of rotatable bonds is 5. The molecule has 28 heavy (non-hydrogen) atoms. The third-order valence-corrected chi connectivity index (χ3v) is 5.17. The summed E-state index contributed by atoms with van der Waals surface area (Å²) in [4.78, 5) is 19.0. The lowest BCUT2D eigenvalue weighted by molar-refractivity contribution is 0.123. The molecule has 8 heteroatoms. The molecule has 0 aliphatic carbocycles. The predicted molar refractivity (Wildman–Crippen MR) is 112 cm³/mol. The maximum absolute atomic E-state index is 12.8. The number of morpholine rings is 1. The number of carbonyl (C=O) groups excluding carboxylic acids is 1. The molecule has 3 rings (SSSR count). The molecule has 1 aromatic heterocycles. The van der Waals surface area contributed by atoms with E-state index in [-0.39, 0.29) is 17.5 Å². The number of urea groups is 1. The number of carbonyl (C=O) groups is 1. The van der Waals surface area contributed by atoms with Crippen LogP contribution >= 0.6 is 11.6 Å². The van der Waals surface area contributed by atoms with Crippen LogP contribution in [0.5, 0.6) is 0 Å². The molecule has 0 saturated carbocycles. The second-order valence-electron chi connectivity index (χ2n) is 8.01. The predicted octanol–water partition coefficient (Wildman–Crippen LogP) is 3.61. The lowest BCUT2D eigenvalue weighted by atomic mass is 9.86. The normalized spacial score (nSPS) is 15.9. The van der Waals surface area contributed by atoms with Crippen molar-refractivity contribution in [3.8, 4) is 0 Å². The maximum Gasteiger partial charge on any atom is 0.319 e. The standard InChI is InChI=1S/C20H28ClN5O2/c1-20(2,3)17(13-25-8-7-22-14-25)24-19(27)23-16-6-4-5-15(21)18(16)26-9-11-28-12-10-26/h4-8,14,17H,9-13H2,1-3H3,(H2,23,24,27)/t17-/m1/s1. The van der Waals surface area contributed by atoms with Gasteiger partial charge < -0.3 is 24.8 Å². The summed E-state index contributed by atoms with van der Waals surface area (Å²) in [6.07, 6.45) is 5.39. The maximum atomic E-state index is 12.8. The first-order chi connectivity index (χ1) is 13.3. The zero-order valence-corrected chi connectivity index (χ0v) is 17.4.